The van der Waals surface area contributed by atoms with Crippen molar-refractivity contribution in [2.75, 3.05) is 0 Å². The highest BCUT2D eigenvalue weighted by Gasteiger charge is 2.54. The van der Waals surface area contributed by atoms with Crippen LogP contribution in [0.5, 0.6) is 0 Å². The van der Waals surface area contributed by atoms with Gasteiger partial charge in [0.2, 0.25) is 15.3 Å². The lowest BCUT2D eigenvalue weighted by Crippen LogP contribution is -2.46. The smallest absolute Gasteiger partial charge is 0.210 e. The average Bonchev–Trinajstić information content (AvgIpc) is 3.12. The minimum absolute atomic E-state index is 0.112. The summed E-state index contributed by atoms with van der Waals surface area (Å²) in [5.74, 6) is 2.77. The highest BCUT2D eigenvalue weighted by atomic mass is 32.2. The summed E-state index contributed by atoms with van der Waals surface area (Å²) in [6, 6.07) is 8.14. The fraction of sp³-hybridized carbons (Fsp3) is 0.704. The Bertz CT molecular complexity index is 893. The van der Waals surface area contributed by atoms with Gasteiger partial charge >= 0.3 is 0 Å². The van der Waals surface area contributed by atoms with Crippen molar-refractivity contribution in [3.63, 3.8) is 0 Å². The molecule has 0 radical (unpaired) electrons. The van der Waals surface area contributed by atoms with Crippen LogP contribution in [0.25, 0.3) is 0 Å². The molecular weight excluding hydrogens is 407 g/mol. The quantitative estimate of drug-likeness (QED) is 0.428. The van der Waals surface area contributed by atoms with Gasteiger partial charge in [0.05, 0.1) is 4.90 Å². The van der Waals surface area contributed by atoms with Gasteiger partial charge in [0.15, 0.2) is 0 Å². The molecule has 3 aliphatic carbocycles. The Labute approximate surface area is 188 Å². The van der Waals surface area contributed by atoms with Crippen molar-refractivity contribution < 1.29 is 12.8 Å². The molecule has 7 atom stereocenters. The van der Waals surface area contributed by atoms with Crippen LogP contribution in [-0.2, 0) is 9.84 Å². The van der Waals surface area contributed by atoms with E-state index in [9.17, 15) is 8.42 Å². The molecule has 3 saturated carbocycles. The molecule has 4 heteroatoms. The minimum atomic E-state index is -3.91. The molecule has 0 spiro atoms. The van der Waals surface area contributed by atoms with E-state index in [0.29, 0.717) is 17.3 Å². The monoisotopic (exact) mass is 446 g/mol. The predicted molar refractivity (Wildman–Crippen MR) is 125 cm³/mol. The molecule has 172 valence electrons. The molecule has 0 saturated heterocycles. The van der Waals surface area contributed by atoms with E-state index in [1.165, 1.54) is 37.8 Å². The second-order valence-corrected chi connectivity index (χ2v) is 12.6. The van der Waals surface area contributed by atoms with E-state index < -0.39 is 15.3 Å². The van der Waals surface area contributed by atoms with E-state index in [1.54, 1.807) is 23.8 Å². The van der Waals surface area contributed by atoms with Crippen molar-refractivity contribution in [2.24, 2.45) is 35.0 Å². The summed E-state index contributed by atoms with van der Waals surface area (Å²) in [7, 11) is -3.91. The van der Waals surface area contributed by atoms with Gasteiger partial charge in [-0.3, -0.25) is 0 Å². The Morgan fingerprint density at radius 1 is 1.13 bits per heavy atom. The fourth-order valence-corrected chi connectivity index (χ4v) is 9.09. The van der Waals surface area contributed by atoms with Gasteiger partial charge in [0, 0.05) is 0 Å². The molecule has 0 amide bonds. The maximum atomic E-state index is 15.3. The number of fused-ring (bicyclic) bond motifs is 3. The van der Waals surface area contributed by atoms with Gasteiger partial charge in [-0.2, -0.15) is 0 Å². The first-order chi connectivity index (χ1) is 14.8. The van der Waals surface area contributed by atoms with Gasteiger partial charge in [0.1, 0.15) is 0 Å². The summed E-state index contributed by atoms with van der Waals surface area (Å²) in [4.78, 5) is 0.112. The Morgan fingerprint density at radius 3 is 2.55 bits per heavy atom. The Balaban J connectivity index is 1.53. The first-order valence-electron chi connectivity index (χ1n) is 12.4. The first kappa shape index (κ1) is 23.0. The zero-order chi connectivity index (χ0) is 22.2. The van der Waals surface area contributed by atoms with Gasteiger partial charge in [-0.1, -0.05) is 56.5 Å². The zero-order valence-corrected chi connectivity index (χ0v) is 20.2. The number of rotatable bonds is 6. The van der Waals surface area contributed by atoms with Crippen LogP contribution in [0, 0.1) is 35.0 Å². The van der Waals surface area contributed by atoms with Crippen molar-refractivity contribution in [3.05, 3.63) is 42.0 Å². The van der Waals surface area contributed by atoms with Crippen LogP contribution >= 0.6 is 0 Å². The van der Waals surface area contributed by atoms with E-state index >= 15 is 4.39 Å². The summed E-state index contributed by atoms with van der Waals surface area (Å²) in [5, 5.41) is 0. The second kappa shape index (κ2) is 9.00. The van der Waals surface area contributed by atoms with Crippen LogP contribution in [0.15, 0.2) is 46.9 Å². The van der Waals surface area contributed by atoms with E-state index in [0.717, 1.165) is 37.5 Å². The zero-order valence-electron chi connectivity index (χ0n) is 19.4. The first-order valence-corrected chi connectivity index (χ1v) is 14.0. The fourth-order valence-electron chi connectivity index (χ4n) is 7.75. The van der Waals surface area contributed by atoms with Gasteiger partial charge in [-0.25, -0.2) is 12.8 Å². The van der Waals surface area contributed by atoms with E-state index in [4.69, 9.17) is 0 Å². The molecule has 2 nitrogen and oxygen atoms in total. The lowest BCUT2D eigenvalue weighted by Gasteiger charge is -2.54. The normalized spacial score (nSPS) is 37.9. The Morgan fingerprint density at radius 2 is 1.87 bits per heavy atom. The predicted octanol–water partition coefficient (Wildman–Crippen LogP) is 7.36. The molecular formula is C27H39FO2S. The molecule has 31 heavy (non-hydrogen) atoms. The SMILES string of the molecule is C/C=C1/CCC2C3CCC(CC(F)S(=O)(=O)c4ccccc4)C(CCC)C3CCC12C. The lowest BCUT2D eigenvalue weighted by atomic mass is 9.51. The molecule has 3 fully saturated rings. The average molecular weight is 447 g/mol. The number of halogens is 1. The van der Waals surface area contributed by atoms with Crippen LogP contribution in [0.1, 0.15) is 78.6 Å². The summed E-state index contributed by atoms with van der Waals surface area (Å²) in [5.41, 5.74) is 0.215. The second-order valence-electron chi connectivity index (χ2n) is 10.5. The van der Waals surface area contributed by atoms with E-state index in [-0.39, 0.29) is 17.2 Å². The van der Waals surface area contributed by atoms with Crippen molar-refractivity contribution in [1.29, 1.82) is 0 Å². The van der Waals surface area contributed by atoms with Crippen LogP contribution in [0.2, 0.25) is 0 Å². The number of allylic oxidation sites excluding steroid dienone is 2. The van der Waals surface area contributed by atoms with Crippen LogP contribution in [-0.4, -0.2) is 13.9 Å². The molecule has 1 aromatic rings. The largest absolute Gasteiger partial charge is 0.230 e. The van der Waals surface area contributed by atoms with Crippen molar-refractivity contribution in [1.82, 2.24) is 0 Å². The van der Waals surface area contributed by atoms with Crippen LogP contribution in [0.3, 0.4) is 0 Å². The topological polar surface area (TPSA) is 34.1 Å². The van der Waals surface area contributed by atoms with Crippen molar-refractivity contribution >= 4 is 9.84 Å². The third-order valence-corrected chi connectivity index (χ3v) is 11.0. The van der Waals surface area contributed by atoms with Gasteiger partial charge in [-0.05, 0) is 99.0 Å². The number of hydrogen-bond acceptors (Lipinski definition) is 2. The number of benzene rings is 1. The summed E-state index contributed by atoms with van der Waals surface area (Å²) >= 11 is 0. The summed E-state index contributed by atoms with van der Waals surface area (Å²) in [6.45, 7) is 6.90. The molecule has 0 heterocycles. The standard InChI is InChI=1S/C27H39FO2S/c1-4-9-22-19(18-26(28)31(29,30)21-10-7-6-8-11-21)12-14-24-23(22)16-17-27(3)20(5-2)13-15-25(24)27/h5-8,10-11,19,22-26H,4,9,12-18H2,1-3H3/b20-5-. The molecule has 4 rings (SSSR count). The molecule has 0 aliphatic heterocycles. The lowest BCUT2D eigenvalue weighted by molar-refractivity contribution is -0.0338. The summed E-state index contributed by atoms with van der Waals surface area (Å²) < 4.78 is 40.9. The maximum Gasteiger partial charge on any atom is 0.210 e. The van der Waals surface area contributed by atoms with Gasteiger partial charge < -0.3 is 0 Å². The molecule has 3 aliphatic rings. The van der Waals surface area contributed by atoms with Crippen LogP contribution < -0.4 is 0 Å². The maximum absolute atomic E-state index is 15.3. The minimum Gasteiger partial charge on any atom is -0.230 e. The van der Waals surface area contributed by atoms with Gasteiger partial charge in [-0.15, -0.1) is 0 Å². The van der Waals surface area contributed by atoms with E-state index in [2.05, 4.69) is 26.8 Å². The number of sulfone groups is 1. The molecule has 0 bridgehead atoms. The number of hydrogen-bond donors (Lipinski definition) is 0. The molecule has 1 aromatic carbocycles. The third kappa shape index (κ3) is 4.03. The Hall–Kier alpha value is -1.16. The molecule has 7 unspecified atom stereocenters. The van der Waals surface area contributed by atoms with Crippen LogP contribution in [0.4, 0.5) is 4.39 Å². The molecule has 0 N–H and O–H groups in total. The highest BCUT2D eigenvalue weighted by Crippen LogP contribution is 2.63. The third-order valence-electron chi connectivity index (χ3n) is 9.23. The van der Waals surface area contributed by atoms with Crippen molar-refractivity contribution in [3.8, 4) is 0 Å². The number of alkyl halides is 1. The molecule has 0 aromatic heterocycles. The van der Waals surface area contributed by atoms with E-state index in [1.807, 2.05) is 0 Å². The summed E-state index contributed by atoms with van der Waals surface area (Å²) in [6.07, 6.45) is 11.8. The Kier molecular flexibility index (Phi) is 6.68. The highest BCUT2D eigenvalue weighted by molar-refractivity contribution is 7.91. The van der Waals surface area contributed by atoms with Crippen molar-refractivity contribution in [2.45, 2.75) is 89.0 Å². The van der Waals surface area contributed by atoms with Gasteiger partial charge in [0.25, 0.3) is 0 Å².